The molecule has 2 rings (SSSR count). The Bertz CT molecular complexity index is 498. The molecule has 5 heteroatoms. The molecule has 2 heterocycles. The van der Waals surface area contributed by atoms with E-state index >= 15 is 0 Å². The van der Waals surface area contributed by atoms with Crippen molar-refractivity contribution in [2.45, 2.75) is 26.8 Å². The molecule has 0 N–H and O–H groups in total. The van der Waals surface area contributed by atoms with Crippen LogP contribution in [0.3, 0.4) is 0 Å². The van der Waals surface area contributed by atoms with Gasteiger partial charge in [0.1, 0.15) is 5.82 Å². The Kier molecular flexibility index (Phi) is 3.32. The second-order valence-corrected chi connectivity index (χ2v) is 4.99. The van der Waals surface area contributed by atoms with Crippen LogP contribution in [-0.2, 0) is 20.0 Å². The maximum atomic E-state index is 4.51. The van der Waals surface area contributed by atoms with Gasteiger partial charge in [0.25, 0.3) is 0 Å². The normalized spacial score (nSPS) is 11.0. The predicted molar refractivity (Wildman–Crippen MR) is 71.3 cm³/mol. The Morgan fingerprint density at radius 1 is 1.38 bits per heavy atom. The van der Waals surface area contributed by atoms with E-state index in [1.165, 1.54) is 9.26 Å². The van der Waals surface area contributed by atoms with Crippen LogP contribution < -0.4 is 0 Å². The third kappa shape index (κ3) is 2.14. The molecule has 86 valence electrons. The fraction of sp³-hybridized carbons (Fsp3) is 0.455. The van der Waals surface area contributed by atoms with Crippen molar-refractivity contribution in [2.75, 3.05) is 0 Å². The van der Waals surface area contributed by atoms with Crippen LogP contribution in [0.1, 0.15) is 17.2 Å². The van der Waals surface area contributed by atoms with Crippen molar-refractivity contribution in [1.29, 1.82) is 0 Å². The van der Waals surface area contributed by atoms with Crippen molar-refractivity contribution in [3.8, 4) is 0 Å². The van der Waals surface area contributed by atoms with Crippen molar-refractivity contribution in [1.82, 2.24) is 19.3 Å². The number of imidazole rings is 1. The summed E-state index contributed by atoms with van der Waals surface area (Å²) in [4.78, 5) is 4.31. The maximum Gasteiger partial charge on any atom is 0.110 e. The van der Waals surface area contributed by atoms with E-state index in [0.29, 0.717) is 0 Å². The quantitative estimate of drug-likeness (QED) is 0.808. The lowest BCUT2D eigenvalue weighted by atomic mass is 10.3. The lowest BCUT2D eigenvalue weighted by Gasteiger charge is -2.04. The first-order valence-electron chi connectivity index (χ1n) is 5.25. The first kappa shape index (κ1) is 11.6. The highest BCUT2D eigenvalue weighted by molar-refractivity contribution is 14.1. The molecule has 0 fully saturated rings. The maximum absolute atomic E-state index is 4.51. The second kappa shape index (κ2) is 4.57. The van der Waals surface area contributed by atoms with Crippen LogP contribution >= 0.6 is 22.6 Å². The summed E-state index contributed by atoms with van der Waals surface area (Å²) in [5.74, 6) is 1.10. The average Bonchev–Trinajstić information content (AvgIpc) is 2.76. The zero-order chi connectivity index (χ0) is 11.7. The van der Waals surface area contributed by atoms with Crippen molar-refractivity contribution in [3.05, 3.63) is 33.2 Å². The first-order chi connectivity index (χ1) is 7.59. The molecule has 0 bridgehead atoms. The van der Waals surface area contributed by atoms with Crippen molar-refractivity contribution >= 4 is 22.6 Å². The largest absolute Gasteiger partial charge is 0.338 e. The van der Waals surface area contributed by atoms with Crippen LogP contribution in [0.4, 0.5) is 0 Å². The van der Waals surface area contributed by atoms with Gasteiger partial charge in [-0.1, -0.05) is 0 Å². The molecule has 2 aromatic heterocycles. The van der Waals surface area contributed by atoms with Crippen molar-refractivity contribution < 1.29 is 0 Å². The van der Waals surface area contributed by atoms with E-state index in [4.69, 9.17) is 0 Å². The molecule has 2 aromatic rings. The molecule has 0 radical (unpaired) electrons. The first-order valence-corrected chi connectivity index (χ1v) is 6.33. The number of nitrogens with zero attached hydrogens (tertiary/aromatic N) is 4. The van der Waals surface area contributed by atoms with E-state index in [-0.39, 0.29) is 0 Å². The van der Waals surface area contributed by atoms with Crippen molar-refractivity contribution in [2.24, 2.45) is 7.05 Å². The topological polar surface area (TPSA) is 35.6 Å². The predicted octanol–water partition coefficient (Wildman–Crippen LogP) is 2.08. The molecule has 0 aliphatic carbocycles. The number of halogens is 1. The summed E-state index contributed by atoms with van der Waals surface area (Å²) in [6.45, 7) is 5.05. The second-order valence-electron chi connectivity index (χ2n) is 3.91. The highest BCUT2D eigenvalue weighted by Gasteiger charge is 2.09. The smallest absolute Gasteiger partial charge is 0.110 e. The Morgan fingerprint density at radius 3 is 2.62 bits per heavy atom. The zero-order valence-electron chi connectivity index (χ0n) is 9.74. The van der Waals surface area contributed by atoms with Crippen LogP contribution in [0.2, 0.25) is 0 Å². The molecule has 0 amide bonds. The van der Waals surface area contributed by atoms with Crippen LogP contribution in [0, 0.1) is 17.4 Å². The molecule has 16 heavy (non-hydrogen) atoms. The van der Waals surface area contributed by atoms with Gasteiger partial charge < -0.3 is 4.57 Å². The molecule has 0 saturated heterocycles. The van der Waals surface area contributed by atoms with Gasteiger partial charge in [-0.2, -0.15) is 5.10 Å². The van der Waals surface area contributed by atoms with E-state index in [2.05, 4.69) is 48.8 Å². The van der Waals surface area contributed by atoms with E-state index in [1.54, 1.807) is 0 Å². The molecule has 4 nitrogen and oxygen atoms in total. The Morgan fingerprint density at radius 2 is 2.12 bits per heavy atom. The molecular formula is C11H15IN4. The Labute approximate surface area is 109 Å². The standard InChI is InChI=1S/C11H15IN4/c1-8-11(12)9(2)16(14-8)6-4-10-13-5-7-15(10)3/h5,7H,4,6H2,1-3H3. The number of rotatable bonds is 3. The highest BCUT2D eigenvalue weighted by Crippen LogP contribution is 2.15. The fourth-order valence-electron chi connectivity index (χ4n) is 1.74. The van der Waals surface area contributed by atoms with E-state index < -0.39 is 0 Å². The summed E-state index contributed by atoms with van der Waals surface area (Å²) < 4.78 is 5.38. The SMILES string of the molecule is Cc1nn(CCc2nccn2C)c(C)c1I. The third-order valence-corrected chi connectivity index (χ3v) is 4.32. The summed E-state index contributed by atoms with van der Waals surface area (Å²) in [7, 11) is 2.02. The molecule has 0 unspecified atom stereocenters. The van der Waals surface area contributed by atoms with Crippen LogP contribution in [0.15, 0.2) is 12.4 Å². The van der Waals surface area contributed by atoms with Gasteiger partial charge in [-0.3, -0.25) is 4.68 Å². The Hall–Kier alpha value is -0.850. The van der Waals surface area contributed by atoms with Gasteiger partial charge in [-0.25, -0.2) is 4.98 Å². The number of hydrogen-bond acceptors (Lipinski definition) is 2. The minimum atomic E-state index is 0.889. The zero-order valence-corrected chi connectivity index (χ0v) is 11.9. The van der Waals surface area contributed by atoms with E-state index in [0.717, 1.165) is 24.5 Å². The van der Waals surface area contributed by atoms with Gasteiger partial charge in [-0.15, -0.1) is 0 Å². The van der Waals surface area contributed by atoms with Crippen molar-refractivity contribution in [3.63, 3.8) is 0 Å². The highest BCUT2D eigenvalue weighted by atomic mass is 127. The van der Waals surface area contributed by atoms with Gasteiger partial charge in [0.15, 0.2) is 0 Å². The minimum Gasteiger partial charge on any atom is -0.338 e. The van der Waals surface area contributed by atoms with Crippen LogP contribution in [-0.4, -0.2) is 19.3 Å². The molecule has 0 aliphatic heterocycles. The van der Waals surface area contributed by atoms with Gasteiger partial charge in [0, 0.05) is 38.1 Å². The lowest BCUT2D eigenvalue weighted by molar-refractivity contribution is 0.572. The van der Waals surface area contributed by atoms with Gasteiger partial charge in [-0.05, 0) is 36.4 Å². The lowest BCUT2D eigenvalue weighted by Crippen LogP contribution is -2.08. The van der Waals surface area contributed by atoms with Crippen LogP contribution in [0.25, 0.3) is 0 Å². The summed E-state index contributed by atoms with van der Waals surface area (Å²) in [6.07, 6.45) is 4.72. The molecular weight excluding hydrogens is 315 g/mol. The molecule has 0 saturated carbocycles. The fourth-order valence-corrected chi connectivity index (χ4v) is 2.12. The van der Waals surface area contributed by atoms with E-state index in [9.17, 15) is 0 Å². The monoisotopic (exact) mass is 330 g/mol. The van der Waals surface area contributed by atoms with Crippen LogP contribution in [0.5, 0.6) is 0 Å². The summed E-state index contributed by atoms with van der Waals surface area (Å²) in [6, 6.07) is 0. The van der Waals surface area contributed by atoms with Gasteiger partial charge >= 0.3 is 0 Å². The minimum absolute atomic E-state index is 0.889. The average molecular weight is 330 g/mol. The summed E-state index contributed by atoms with van der Waals surface area (Å²) in [5, 5.41) is 4.51. The number of aromatic nitrogens is 4. The van der Waals surface area contributed by atoms with Gasteiger partial charge in [0.2, 0.25) is 0 Å². The molecule has 0 atom stereocenters. The number of aryl methyl sites for hydroxylation is 4. The summed E-state index contributed by atoms with van der Waals surface area (Å²) >= 11 is 2.35. The third-order valence-electron chi connectivity index (χ3n) is 2.76. The molecule has 0 aromatic carbocycles. The molecule has 0 spiro atoms. The summed E-state index contributed by atoms with van der Waals surface area (Å²) in [5.41, 5.74) is 2.35. The van der Waals surface area contributed by atoms with E-state index in [1.807, 2.05) is 26.4 Å². The molecule has 0 aliphatic rings. The van der Waals surface area contributed by atoms with Gasteiger partial charge in [0.05, 0.1) is 9.26 Å². The Balaban J connectivity index is 2.11. The number of hydrogen-bond donors (Lipinski definition) is 0.